The lowest BCUT2D eigenvalue weighted by Crippen LogP contribution is -2.47. The molecule has 3 aromatic rings. The van der Waals surface area contributed by atoms with Crippen LogP contribution in [0.15, 0.2) is 65.3 Å². The van der Waals surface area contributed by atoms with Gasteiger partial charge in [0.25, 0.3) is 11.8 Å². The zero-order valence-corrected chi connectivity index (χ0v) is 21.2. The van der Waals surface area contributed by atoms with Gasteiger partial charge in [0.2, 0.25) is 0 Å². The van der Waals surface area contributed by atoms with Crippen molar-refractivity contribution < 1.29 is 18.7 Å². The number of amides is 2. The van der Waals surface area contributed by atoms with Gasteiger partial charge >= 0.3 is 0 Å². The first-order valence-electron chi connectivity index (χ1n) is 13.0. The van der Waals surface area contributed by atoms with Crippen molar-refractivity contribution in [3.05, 3.63) is 72.2 Å². The van der Waals surface area contributed by atoms with Crippen molar-refractivity contribution in [2.45, 2.75) is 38.1 Å². The summed E-state index contributed by atoms with van der Waals surface area (Å²) in [7, 11) is 1.69. The minimum absolute atomic E-state index is 0.0943. The molecule has 2 N–H and O–H groups in total. The standard InChI is InChI=1S/C29H34N4O4/c1-36-26-11-6-5-10-25(26)33-17-15-32(16-18-33)24-14-13-22(31-29(35)27-12-7-19-37-27)20-23(24)28(34)30-21-8-3-2-4-9-21/h5-7,10-14,19-21H,2-4,8-9,15-18H2,1H3,(H,30,34)(H,31,35). The lowest BCUT2D eigenvalue weighted by Gasteiger charge is -2.38. The highest BCUT2D eigenvalue weighted by molar-refractivity contribution is 6.05. The largest absolute Gasteiger partial charge is 0.495 e. The second-order valence-electron chi connectivity index (χ2n) is 9.62. The number of hydrogen-bond acceptors (Lipinski definition) is 6. The summed E-state index contributed by atoms with van der Waals surface area (Å²) in [5.74, 6) is 0.648. The summed E-state index contributed by atoms with van der Waals surface area (Å²) in [5.41, 5.74) is 3.10. The third kappa shape index (κ3) is 5.74. The van der Waals surface area contributed by atoms with Gasteiger partial charge in [-0.2, -0.15) is 0 Å². The molecule has 1 saturated carbocycles. The van der Waals surface area contributed by atoms with Crippen molar-refractivity contribution in [1.29, 1.82) is 0 Å². The molecule has 8 nitrogen and oxygen atoms in total. The first kappa shape index (κ1) is 24.7. The fourth-order valence-electron chi connectivity index (χ4n) is 5.26. The van der Waals surface area contributed by atoms with Crippen LogP contribution in [0.25, 0.3) is 0 Å². The quantitative estimate of drug-likeness (QED) is 0.477. The number of anilines is 3. The minimum Gasteiger partial charge on any atom is -0.495 e. The number of hydrogen-bond donors (Lipinski definition) is 2. The van der Waals surface area contributed by atoms with Gasteiger partial charge in [-0.1, -0.05) is 31.4 Å². The average molecular weight is 503 g/mol. The maximum absolute atomic E-state index is 13.5. The Kier molecular flexibility index (Phi) is 7.63. The zero-order valence-electron chi connectivity index (χ0n) is 21.2. The van der Waals surface area contributed by atoms with Gasteiger partial charge < -0.3 is 29.6 Å². The predicted octanol–water partition coefficient (Wildman–Crippen LogP) is 4.93. The second kappa shape index (κ2) is 11.4. The Labute approximate surface area is 217 Å². The molecule has 0 spiro atoms. The van der Waals surface area contributed by atoms with E-state index in [1.807, 2.05) is 30.3 Å². The smallest absolute Gasteiger partial charge is 0.291 e. The molecule has 0 atom stereocenters. The molecule has 5 rings (SSSR count). The average Bonchev–Trinajstić information content (AvgIpc) is 3.49. The van der Waals surface area contributed by atoms with Crippen LogP contribution in [-0.4, -0.2) is 51.1 Å². The van der Waals surface area contributed by atoms with Crippen molar-refractivity contribution in [1.82, 2.24) is 5.32 Å². The molecule has 0 radical (unpaired) electrons. The number of carbonyl (C=O) groups excluding carboxylic acids is 2. The highest BCUT2D eigenvalue weighted by atomic mass is 16.5. The van der Waals surface area contributed by atoms with Gasteiger partial charge in [0.15, 0.2) is 5.76 Å². The molecule has 2 aliphatic rings. The van der Waals surface area contributed by atoms with Gasteiger partial charge in [0.1, 0.15) is 5.75 Å². The molecule has 1 aromatic heterocycles. The van der Waals surface area contributed by atoms with Crippen molar-refractivity contribution >= 4 is 28.9 Å². The number of nitrogens with zero attached hydrogens (tertiary/aromatic N) is 2. The normalized spacial score (nSPS) is 16.4. The fourth-order valence-corrected chi connectivity index (χ4v) is 5.26. The van der Waals surface area contributed by atoms with Crippen molar-refractivity contribution in [3.63, 3.8) is 0 Å². The summed E-state index contributed by atoms with van der Waals surface area (Å²) in [6, 6.07) is 17.1. The van der Waals surface area contributed by atoms with Crippen LogP contribution >= 0.6 is 0 Å². The summed E-state index contributed by atoms with van der Waals surface area (Å²) < 4.78 is 10.8. The molecule has 8 heteroatoms. The monoisotopic (exact) mass is 502 g/mol. The van der Waals surface area contributed by atoms with Crippen LogP contribution in [0, 0.1) is 0 Å². The van der Waals surface area contributed by atoms with Crippen LogP contribution in [0.1, 0.15) is 53.0 Å². The maximum Gasteiger partial charge on any atom is 0.291 e. The van der Waals surface area contributed by atoms with E-state index in [4.69, 9.17) is 9.15 Å². The molecule has 2 amide bonds. The lowest BCUT2D eigenvalue weighted by atomic mass is 9.95. The number of nitrogens with one attached hydrogen (secondary N) is 2. The highest BCUT2D eigenvalue weighted by Crippen LogP contribution is 2.31. The van der Waals surface area contributed by atoms with E-state index < -0.39 is 0 Å². The summed E-state index contributed by atoms with van der Waals surface area (Å²) in [6.07, 6.45) is 6.99. The summed E-state index contributed by atoms with van der Waals surface area (Å²) in [5, 5.41) is 6.11. The topological polar surface area (TPSA) is 87.1 Å². The van der Waals surface area contributed by atoms with Gasteiger partial charge in [0.05, 0.1) is 24.6 Å². The van der Waals surface area contributed by atoms with Crippen molar-refractivity contribution in [3.8, 4) is 5.75 Å². The van der Waals surface area contributed by atoms with E-state index in [1.54, 1.807) is 25.3 Å². The van der Waals surface area contributed by atoms with E-state index in [1.165, 1.54) is 12.7 Å². The Balaban J connectivity index is 1.35. The van der Waals surface area contributed by atoms with Crippen LogP contribution in [-0.2, 0) is 0 Å². The number of rotatable bonds is 7. The number of methoxy groups -OCH3 is 1. The van der Waals surface area contributed by atoms with E-state index in [0.29, 0.717) is 11.3 Å². The summed E-state index contributed by atoms with van der Waals surface area (Å²) in [4.78, 5) is 30.6. The Morgan fingerprint density at radius 1 is 0.865 bits per heavy atom. The molecule has 37 heavy (non-hydrogen) atoms. The van der Waals surface area contributed by atoms with Crippen LogP contribution in [0.5, 0.6) is 5.75 Å². The highest BCUT2D eigenvalue weighted by Gasteiger charge is 2.25. The number of furan rings is 1. The SMILES string of the molecule is COc1ccccc1N1CCN(c2ccc(NC(=O)c3ccco3)cc2C(=O)NC2CCCCC2)CC1. The first-order chi connectivity index (χ1) is 18.1. The van der Waals surface area contributed by atoms with Crippen molar-refractivity contribution in [2.24, 2.45) is 0 Å². The molecule has 1 saturated heterocycles. The molecule has 1 aliphatic carbocycles. The second-order valence-corrected chi connectivity index (χ2v) is 9.62. The molecule has 1 aliphatic heterocycles. The first-order valence-corrected chi connectivity index (χ1v) is 13.0. The molecule has 194 valence electrons. The van der Waals surface area contributed by atoms with Gasteiger partial charge in [-0.3, -0.25) is 9.59 Å². The van der Waals surface area contributed by atoms with Gasteiger partial charge in [-0.25, -0.2) is 0 Å². The van der Waals surface area contributed by atoms with Crippen LogP contribution in [0.4, 0.5) is 17.1 Å². The number of para-hydroxylation sites is 2. The van der Waals surface area contributed by atoms with E-state index in [2.05, 4.69) is 26.5 Å². The molecule has 2 aromatic carbocycles. The predicted molar refractivity (Wildman–Crippen MR) is 145 cm³/mol. The Hall–Kier alpha value is -3.94. The number of piperazine rings is 1. The van der Waals surface area contributed by atoms with Crippen molar-refractivity contribution in [2.75, 3.05) is 48.4 Å². The molecular weight excluding hydrogens is 468 g/mol. The third-order valence-corrected chi connectivity index (χ3v) is 7.23. The Morgan fingerprint density at radius 2 is 1.59 bits per heavy atom. The fraction of sp³-hybridized carbons (Fsp3) is 0.379. The van der Waals surface area contributed by atoms with Gasteiger partial charge in [-0.05, 0) is 55.3 Å². The summed E-state index contributed by atoms with van der Waals surface area (Å²) >= 11 is 0. The number of benzene rings is 2. The summed E-state index contributed by atoms with van der Waals surface area (Å²) in [6.45, 7) is 3.14. The van der Waals surface area contributed by atoms with Gasteiger partial charge in [-0.15, -0.1) is 0 Å². The third-order valence-electron chi connectivity index (χ3n) is 7.23. The van der Waals surface area contributed by atoms with E-state index in [-0.39, 0.29) is 23.6 Å². The van der Waals surface area contributed by atoms with E-state index in [0.717, 1.165) is 69.0 Å². The number of ether oxygens (including phenoxy) is 1. The molecular formula is C29H34N4O4. The molecule has 2 heterocycles. The minimum atomic E-state index is -0.346. The maximum atomic E-state index is 13.5. The van der Waals surface area contributed by atoms with Crippen LogP contribution in [0.2, 0.25) is 0 Å². The van der Waals surface area contributed by atoms with Crippen LogP contribution in [0.3, 0.4) is 0 Å². The van der Waals surface area contributed by atoms with Crippen LogP contribution < -0.4 is 25.2 Å². The Morgan fingerprint density at radius 3 is 2.30 bits per heavy atom. The molecule has 0 bridgehead atoms. The molecule has 2 fully saturated rings. The zero-order chi connectivity index (χ0) is 25.6. The van der Waals surface area contributed by atoms with E-state index >= 15 is 0 Å². The Bertz CT molecular complexity index is 1210. The lowest BCUT2D eigenvalue weighted by molar-refractivity contribution is 0.0926. The number of carbonyl (C=O) groups is 2. The van der Waals surface area contributed by atoms with Gasteiger partial charge in [0, 0.05) is 43.6 Å². The molecule has 0 unspecified atom stereocenters. The van der Waals surface area contributed by atoms with E-state index in [9.17, 15) is 9.59 Å².